The van der Waals surface area contributed by atoms with Gasteiger partial charge in [-0.25, -0.2) is 8.42 Å². The van der Waals surface area contributed by atoms with Crippen LogP contribution in [-0.4, -0.2) is 30.6 Å². The number of halogens is 1. The molecule has 20 heavy (non-hydrogen) atoms. The van der Waals surface area contributed by atoms with Crippen molar-refractivity contribution >= 4 is 26.0 Å². The molecule has 1 fully saturated rings. The molecule has 3 nitrogen and oxygen atoms in total. The van der Waals surface area contributed by atoms with Crippen molar-refractivity contribution in [1.29, 1.82) is 0 Å². The molecule has 0 amide bonds. The second kappa shape index (κ2) is 7.05. The summed E-state index contributed by atoms with van der Waals surface area (Å²) in [6.07, 6.45) is 5.46. The van der Waals surface area contributed by atoms with Gasteiger partial charge in [0.15, 0.2) is 0 Å². The van der Waals surface area contributed by atoms with Gasteiger partial charge in [-0.05, 0) is 31.4 Å². The standard InChI is InChI=1S/C15H22BrNO2S/c1-13-7-5-6-10-15(13)20(18,19)17(12-11-16)14-8-3-2-4-9-14/h5-7,10,14H,2-4,8-9,11-12H2,1H3. The minimum atomic E-state index is -3.39. The molecule has 112 valence electrons. The lowest BCUT2D eigenvalue weighted by molar-refractivity contribution is 0.263. The summed E-state index contributed by atoms with van der Waals surface area (Å²) in [5, 5.41) is 0.675. The van der Waals surface area contributed by atoms with E-state index in [0.717, 1.165) is 31.2 Å². The highest BCUT2D eigenvalue weighted by Gasteiger charge is 2.32. The van der Waals surface area contributed by atoms with Crippen LogP contribution in [0.4, 0.5) is 0 Å². The Hall–Kier alpha value is -0.390. The average Bonchev–Trinajstić information content (AvgIpc) is 2.45. The fraction of sp³-hybridized carbons (Fsp3) is 0.600. The predicted molar refractivity (Wildman–Crippen MR) is 85.7 cm³/mol. The van der Waals surface area contributed by atoms with Crippen molar-refractivity contribution in [2.24, 2.45) is 0 Å². The van der Waals surface area contributed by atoms with Gasteiger partial charge in [-0.3, -0.25) is 0 Å². The maximum atomic E-state index is 12.9. The van der Waals surface area contributed by atoms with Gasteiger partial charge in [-0.2, -0.15) is 4.31 Å². The Morgan fingerprint density at radius 1 is 1.20 bits per heavy atom. The van der Waals surface area contributed by atoms with E-state index in [1.807, 2.05) is 19.1 Å². The third kappa shape index (κ3) is 3.43. The number of nitrogens with zero attached hydrogens (tertiary/aromatic N) is 1. The molecular formula is C15H22BrNO2S. The van der Waals surface area contributed by atoms with Crippen molar-refractivity contribution in [3.05, 3.63) is 29.8 Å². The van der Waals surface area contributed by atoms with E-state index in [1.54, 1.807) is 16.4 Å². The normalized spacial score (nSPS) is 17.6. The molecule has 1 aromatic carbocycles. The molecule has 0 aliphatic heterocycles. The molecule has 0 bridgehead atoms. The van der Waals surface area contributed by atoms with E-state index >= 15 is 0 Å². The molecule has 0 radical (unpaired) electrons. The van der Waals surface area contributed by atoms with Gasteiger partial charge in [-0.15, -0.1) is 0 Å². The quantitative estimate of drug-likeness (QED) is 0.751. The van der Waals surface area contributed by atoms with Crippen LogP contribution in [0.25, 0.3) is 0 Å². The van der Waals surface area contributed by atoms with Crippen LogP contribution in [0.2, 0.25) is 0 Å². The second-order valence-corrected chi connectivity index (χ2v) is 8.01. The first-order valence-electron chi connectivity index (χ1n) is 7.21. The minimum Gasteiger partial charge on any atom is -0.207 e. The summed E-state index contributed by atoms with van der Waals surface area (Å²) in [6.45, 7) is 2.40. The molecular weight excluding hydrogens is 338 g/mol. The molecule has 1 aliphatic rings. The minimum absolute atomic E-state index is 0.158. The largest absolute Gasteiger partial charge is 0.243 e. The number of rotatable bonds is 5. The van der Waals surface area contributed by atoms with Gasteiger partial charge in [0.2, 0.25) is 10.0 Å². The summed E-state index contributed by atoms with van der Waals surface area (Å²) in [7, 11) is -3.39. The lowest BCUT2D eigenvalue weighted by Gasteiger charge is -2.33. The monoisotopic (exact) mass is 359 g/mol. The lowest BCUT2D eigenvalue weighted by Crippen LogP contribution is -2.42. The van der Waals surface area contributed by atoms with Crippen molar-refractivity contribution in [3.8, 4) is 0 Å². The SMILES string of the molecule is Cc1ccccc1S(=O)(=O)N(CCBr)C1CCCCC1. The lowest BCUT2D eigenvalue weighted by atomic mass is 9.95. The van der Waals surface area contributed by atoms with Gasteiger partial charge < -0.3 is 0 Å². The molecule has 1 aliphatic carbocycles. The maximum absolute atomic E-state index is 12.9. The molecule has 0 N–H and O–H groups in total. The third-order valence-electron chi connectivity index (χ3n) is 3.97. The number of alkyl halides is 1. The van der Waals surface area contributed by atoms with E-state index < -0.39 is 10.0 Å². The second-order valence-electron chi connectivity index (χ2n) is 5.36. The highest BCUT2D eigenvalue weighted by atomic mass is 79.9. The van der Waals surface area contributed by atoms with Crippen LogP contribution in [0.3, 0.4) is 0 Å². The van der Waals surface area contributed by atoms with Crippen molar-refractivity contribution in [3.63, 3.8) is 0 Å². The summed E-state index contributed by atoms with van der Waals surface area (Å²) in [5.74, 6) is 0. The first-order valence-corrected chi connectivity index (χ1v) is 9.77. The molecule has 0 heterocycles. The van der Waals surface area contributed by atoms with Gasteiger partial charge in [0.05, 0.1) is 4.90 Å². The molecule has 0 unspecified atom stereocenters. The Labute approximate surface area is 130 Å². The molecule has 0 saturated heterocycles. The zero-order chi connectivity index (χ0) is 14.6. The summed E-state index contributed by atoms with van der Waals surface area (Å²) < 4.78 is 27.6. The Balaban J connectivity index is 2.34. The molecule has 1 aromatic rings. The van der Waals surface area contributed by atoms with Crippen LogP contribution >= 0.6 is 15.9 Å². The fourth-order valence-corrected chi connectivity index (χ4v) is 5.45. The smallest absolute Gasteiger partial charge is 0.207 e. The molecule has 0 aromatic heterocycles. The van der Waals surface area contributed by atoms with E-state index in [4.69, 9.17) is 0 Å². The molecule has 1 saturated carbocycles. The van der Waals surface area contributed by atoms with E-state index in [1.165, 1.54) is 6.42 Å². The van der Waals surface area contributed by atoms with Crippen LogP contribution in [-0.2, 0) is 10.0 Å². The van der Waals surface area contributed by atoms with Gasteiger partial charge in [0.25, 0.3) is 0 Å². The number of hydrogen-bond donors (Lipinski definition) is 0. The van der Waals surface area contributed by atoms with Gasteiger partial charge in [0, 0.05) is 17.9 Å². The van der Waals surface area contributed by atoms with Crippen LogP contribution in [0.5, 0.6) is 0 Å². The number of hydrogen-bond acceptors (Lipinski definition) is 2. The van der Waals surface area contributed by atoms with Gasteiger partial charge in [-0.1, -0.05) is 53.4 Å². The van der Waals surface area contributed by atoms with Crippen molar-refractivity contribution in [2.75, 3.05) is 11.9 Å². The molecule has 0 atom stereocenters. The van der Waals surface area contributed by atoms with Crippen molar-refractivity contribution in [2.45, 2.75) is 50.0 Å². The highest BCUT2D eigenvalue weighted by Crippen LogP contribution is 2.28. The summed E-state index contributed by atoms with van der Waals surface area (Å²) >= 11 is 3.39. The van der Waals surface area contributed by atoms with E-state index in [2.05, 4.69) is 15.9 Å². The first kappa shape index (κ1) is 16.0. The highest BCUT2D eigenvalue weighted by molar-refractivity contribution is 9.09. The van der Waals surface area contributed by atoms with Crippen molar-refractivity contribution in [1.82, 2.24) is 4.31 Å². The van der Waals surface area contributed by atoms with E-state index in [0.29, 0.717) is 16.8 Å². The van der Waals surface area contributed by atoms with E-state index in [-0.39, 0.29) is 6.04 Å². The number of benzene rings is 1. The van der Waals surface area contributed by atoms with Crippen LogP contribution < -0.4 is 0 Å². The first-order chi connectivity index (χ1) is 9.57. The third-order valence-corrected chi connectivity index (χ3v) is 6.43. The Morgan fingerprint density at radius 2 is 1.85 bits per heavy atom. The summed E-state index contributed by atoms with van der Waals surface area (Å²) in [5.41, 5.74) is 0.822. The zero-order valence-electron chi connectivity index (χ0n) is 11.9. The Kier molecular flexibility index (Phi) is 5.64. The number of aryl methyl sites for hydroxylation is 1. The average molecular weight is 360 g/mol. The Morgan fingerprint density at radius 3 is 2.45 bits per heavy atom. The zero-order valence-corrected chi connectivity index (χ0v) is 14.3. The van der Waals surface area contributed by atoms with Crippen LogP contribution in [0.15, 0.2) is 29.2 Å². The topological polar surface area (TPSA) is 37.4 Å². The maximum Gasteiger partial charge on any atom is 0.243 e. The van der Waals surface area contributed by atoms with Gasteiger partial charge >= 0.3 is 0 Å². The fourth-order valence-electron chi connectivity index (χ4n) is 2.92. The number of sulfonamides is 1. The Bertz CT molecular complexity index is 539. The predicted octanol–water partition coefficient (Wildman–Crippen LogP) is 3.71. The molecule has 2 rings (SSSR count). The van der Waals surface area contributed by atoms with Crippen molar-refractivity contribution < 1.29 is 8.42 Å². The summed E-state index contributed by atoms with van der Waals surface area (Å²) in [4.78, 5) is 0.450. The van der Waals surface area contributed by atoms with Crippen LogP contribution in [0, 0.1) is 6.92 Å². The molecule has 0 spiro atoms. The molecule has 5 heteroatoms. The summed E-state index contributed by atoms with van der Waals surface area (Å²) in [6, 6.07) is 7.41. The van der Waals surface area contributed by atoms with Gasteiger partial charge in [0.1, 0.15) is 0 Å². The van der Waals surface area contributed by atoms with E-state index in [9.17, 15) is 8.42 Å². The van der Waals surface area contributed by atoms with Crippen LogP contribution in [0.1, 0.15) is 37.7 Å².